The van der Waals surface area contributed by atoms with Crippen molar-refractivity contribution in [2.75, 3.05) is 17.2 Å². The van der Waals surface area contributed by atoms with Crippen LogP contribution in [0.2, 0.25) is 0 Å². The molecule has 2 heterocycles. The standard InChI is InChI=1S/C15H22FN3O2/c1-4-21-15(20)11-5-9(2)19(10(3)6-11)14-13(17)7-12(16)8-18-14/h7-11H,4-6,17H2,1-3H3/t9-,10-/m1/s1. The molecule has 5 nitrogen and oxygen atoms in total. The van der Waals surface area contributed by atoms with Gasteiger partial charge in [-0.3, -0.25) is 4.79 Å². The van der Waals surface area contributed by atoms with Gasteiger partial charge in [-0.1, -0.05) is 0 Å². The quantitative estimate of drug-likeness (QED) is 0.867. The summed E-state index contributed by atoms with van der Waals surface area (Å²) >= 11 is 0. The first-order valence-electron chi connectivity index (χ1n) is 7.30. The Morgan fingerprint density at radius 2 is 2.10 bits per heavy atom. The summed E-state index contributed by atoms with van der Waals surface area (Å²) < 4.78 is 18.3. The second kappa shape index (κ2) is 6.28. The van der Waals surface area contributed by atoms with Gasteiger partial charge in [-0.05, 0) is 33.6 Å². The topological polar surface area (TPSA) is 68.5 Å². The van der Waals surface area contributed by atoms with Crippen LogP contribution < -0.4 is 10.6 Å². The Balaban J connectivity index is 2.18. The first kappa shape index (κ1) is 15.5. The number of anilines is 2. The molecule has 21 heavy (non-hydrogen) atoms. The van der Waals surface area contributed by atoms with Crippen molar-refractivity contribution in [2.24, 2.45) is 5.92 Å². The normalized spacial score (nSPS) is 25.7. The van der Waals surface area contributed by atoms with Crippen LogP contribution >= 0.6 is 0 Å². The zero-order chi connectivity index (χ0) is 15.6. The molecule has 2 rings (SSSR count). The van der Waals surface area contributed by atoms with E-state index in [1.807, 2.05) is 20.8 Å². The predicted molar refractivity (Wildman–Crippen MR) is 79.4 cm³/mol. The minimum atomic E-state index is -0.446. The number of carbonyl (C=O) groups excluding carboxylic acids is 1. The van der Waals surface area contributed by atoms with Crippen molar-refractivity contribution in [1.29, 1.82) is 0 Å². The number of esters is 1. The lowest BCUT2D eigenvalue weighted by Gasteiger charge is -2.43. The first-order valence-corrected chi connectivity index (χ1v) is 7.30. The SMILES string of the molecule is CCOC(=O)C1C[C@@H](C)N(c2ncc(F)cc2N)[C@H](C)C1. The zero-order valence-corrected chi connectivity index (χ0v) is 12.7. The van der Waals surface area contributed by atoms with E-state index in [9.17, 15) is 9.18 Å². The molecule has 2 atom stereocenters. The molecule has 0 saturated carbocycles. The van der Waals surface area contributed by atoms with Gasteiger partial charge < -0.3 is 15.4 Å². The van der Waals surface area contributed by atoms with Crippen molar-refractivity contribution >= 4 is 17.5 Å². The number of hydrogen-bond acceptors (Lipinski definition) is 5. The number of nitrogens with zero attached hydrogens (tertiary/aromatic N) is 2. The van der Waals surface area contributed by atoms with Crippen molar-refractivity contribution in [3.63, 3.8) is 0 Å². The second-order valence-corrected chi connectivity index (χ2v) is 5.59. The molecule has 0 spiro atoms. The first-order chi connectivity index (χ1) is 9.93. The van der Waals surface area contributed by atoms with Gasteiger partial charge in [0.1, 0.15) is 5.82 Å². The molecule has 0 unspecified atom stereocenters. The maximum absolute atomic E-state index is 13.1. The number of rotatable bonds is 3. The Labute approximate surface area is 124 Å². The van der Waals surface area contributed by atoms with Gasteiger partial charge in [-0.25, -0.2) is 9.37 Å². The summed E-state index contributed by atoms with van der Waals surface area (Å²) in [6.07, 6.45) is 2.53. The molecule has 1 fully saturated rings. The molecule has 116 valence electrons. The van der Waals surface area contributed by atoms with E-state index in [4.69, 9.17) is 10.5 Å². The van der Waals surface area contributed by atoms with Gasteiger partial charge in [0.05, 0.1) is 24.4 Å². The number of pyridine rings is 1. The molecule has 0 aromatic carbocycles. The second-order valence-electron chi connectivity index (χ2n) is 5.59. The van der Waals surface area contributed by atoms with E-state index < -0.39 is 5.82 Å². The van der Waals surface area contributed by atoms with Crippen molar-refractivity contribution < 1.29 is 13.9 Å². The van der Waals surface area contributed by atoms with Crippen LogP contribution in [0.5, 0.6) is 0 Å². The third-order valence-corrected chi connectivity index (χ3v) is 3.93. The van der Waals surface area contributed by atoms with Gasteiger partial charge in [0.25, 0.3) is 0 Å². The fourth-order valence-electron chi connectivity index (χ4n) is 3.11. The van der Waals surface area contributed by atoms with E-state index in [0.29, 0.717) is 31.0 Å². The Morgan fingerprint density at radius 1 is 1.48 bits per heavy atom. The summed E-state index contributed by atoms with van der Waals surface area (Å²) in [5.74, 6) is -0.111. The van der Waals surface area contributed by atoms with Crippen LogP contribution in [0.1, 0.15) is 33.6 Å². The molecule has 1 saturated heterocycles. The number of hydrogen-bond donors (Lipinski definition) is 1. The molecule has 0 bridgehead atoms. The highest BCUT2D eigenvalue weighted by molar-refractivity contribution is 5.73. The number of ether oxygens (including phenoxy) is 1. The van der Waals surface area contributed by atoms with Crippen molar-refractivity contribution in [3.05, 3.63) is 18.1 Å². The van der Waals surface area contributed by atoms with Gasteiger partial charge in [0.15, 0.2) is 5.82 Å². The number of nitrogen functional groups attached to an aromatic ring is 1. The van der Waals surface area contributed by atoms with Crippen LogP contribution in [0.25, 0.3) is 0 Å². The molecule has 0 amide bonds. The van der Waals surface area contributed by atoms with Crippen LogP contribution in [-0.2, 0) is 9.53 Å². The summed E-state index contributed by atoms with van der Waals surface area (Å²) in [7, 11) is 0. The molecule has 1 aromatic heterocycles. The number of carbonyl (C=O) groups is 1. The third-order valence-electron chi connectivity index (χ3n) is 3.93. The molecule has 1 aliphatic heterocycles. The Kier molecular flexibility index (Phi) is 4.65. The van der Waals surface area contributed by atoms with Gasteiger partial charge in [0.2, 0.25) is 0 Å². The van der Waals surface area contributed by atoms with E-state index in [2.05, 4.69) is 9.88 Å². The highest BCUT2D eigenvalue weighted by Gasteiger charge is 2.36. The highest BCUT2D eigenvalue weighted by Crippen LogP contribution is 2.34. The smallest absolute Gasteiger partial charge is 0.309 e. The maximum atomic E-state index is 13.1. The van der Waals surface area contributed by atoms with Gasteiger partial charge in [-0.15, -0.1) is 0 Å². The lowest BCUT2D eigenvalue weighted by atomic mass is 9.87. The maximum Gasteiger partial charge on any atom is 0.309 e. The number of aromatic nitrogens is 1. The Morgan fingerprint density at radius 3 is 2.62 bits per heavy atom. The van der Waals surface area contributed by atoms with Crippen LogP contribution in [0.3, 0.4) is 0 Å². The average molecular weight is 295 g/mol. The van der Waals surface area contributed by atoms with Crippen LogP contribution in [0, 0.1) is 11.7 Å². The summed E-state index contributed by atoms with van der Waals surface area (Å²) in [5, 5.41) is 0. The minimum Gasteiger partial charge on any atom is -0.466 e. The van der Waals surface area contributed by atoms with Crippen molar-refractivity contribution in [3.8, 4) is 0 Å². The highest BCUT2D eigenvalue weighted by atomic mass is 19.1. The summed E-state index contributed by atoms with van der Waals surface area (Å²) in [4.78, 5) is 18.1. The zero-order valence-electron chi connectivity index (χ0n) is 12.7. The Hall–Kier alpha value is -1.85. The number of halogens is 1. The van der Waals surface area contributed by atoms with E-state index in [1.165, 1.54) is 12.3 Å². The predicted octanol–water partition coefficient (Wildman–Crippen LogP) is 2.36. The van der Waals surface area contributed by atoms with Crippen molar-refractivity contribution in [2.45, 2.75) is 45.7 Å². The van der Waals surface area contributed by atoms with Gasteiger partial charge in [-0.2, -0.15) is 0 Å². The summed E-state index contributed by atoms with van der Waals surface area (Å²) in [6.45, 7) is 6.25. The molecule has 2 N–H and O–H groups in total. The molecule has 1 aromatic rings. The molecular formula is C15H22FN3O2. The Bertz CT molecular complexity index is 512. The van der Waals surface area contributed by atoms with E-state index in [-0.39, 0.29) is 24.0 Å². The molecule has 1 aliphatic rings. The van der Waals surface area contributed by atoms with Crippen LogP contribution in [0.4, 0.5) is 15.9 Å². The summed E-state index contributed by atoms with van der Waals surface area (Å²) in [6, 6.07) is 1.45. The lowest BCUT2D eigenvalue weighted by molar-refractivity contribution is -0.149. The monoisotopic (exact) mass is 295 g/mol. The van der Waals surface area contributed by atoms with Gasteiger partial charge >= 0.3 is 5.97 Å². The average Bonchev–Trinajstić information content (AvgIpc) is 2.40. The summed E-state index contributed by atoms with van der Waals surface area (Å²) in [5.41, 5.74) is 6.21. The minimum absolute atomic E-state index is 0.0865. The van der Waals surface area contributed by atoms with E-state index in [1.54, 1.807) is 0 Å². The number of piperidine rings is 1. The lowest BCUT2D eigenvalue weighted by Crippen LogP contribution is -2.49. The van der Waals surface area contributed by atoms with Crippen LogP contribution in [0.15, 0.2) is 12.3 Å². The van der Waals surface area contributed by atoms with Crippen molar-refractivity contribution in [1.82, 2.24) is 4.98 Å². The largest absolute Gasteiger partial charge is 0.466 e. The van der Waals surface area contributed by atoms with Crippen LogP contribution in [-0.4, -0.2) is 29.6 Å². The fourth-order valence-corrected chi connectivity index (χ4v) is 3.11. The molecular weight excluding hydrogens is 273 g/mol. The van der Waals surface area contributed by atoms with E-state index >= 15 is 0 Å². The molecule has 0 radical (unpaired) electrons. The number of nitrogens with two attached hydrogens (primary N) is 1. The molecule has 6 heteroatoms. The third kappa shape index (κ3) is 3.25. The fraction of sp³-hybridized carbons (Fsp3) is 0.600. The van der Waals surface area contributed by atoms with E-state index in [0.717, 1.165) is 0 Å². The van der Waals surface area contributed by atoms with Gasteiger partial charge in [0, 0.05) is 18.2 Å². The molecule has 0 aliphatic carbocycles.